The van der Waals surface area contributed by atoms with Crippen LogP contribution in [-0.2, 0) is 5.16 Å². The zero-order chi connectivity index (χ0) is 24.1. The second-order valence-corrected chi connectivity index (χ2v) is 13.2. The van der Waals surface area contributed by atoms with Crippen LogP contribution in [0.1, 0.15) is 43.4 Å². The average molecular weight is 485 g/mol. The average Bonchev–Trinajstić information content (AvgIpc) is 2.84. The molecular formula is C31H34OP2. The highest BCUT2D eigenvalue weighted by Crippen LogP contribution is 2.49. The SMILES string of the molecule is CCCC(C)(Pc1c(C)cccc1P(c1ccccc1)c1ccccc1)c1cccc(C)c1O. The molecule has 4 aromatic carbocycles. The first-order valence-corrected chi connectivity index (χ1v) is 14.4. The minimum atomic E-state index is -0.684. The summed E-state index contributed by atoms with van der Waals surface area (Å²) in [6.07, 6.45) is 2.11. The van der Waals surface area contributed by atoms with Crippen molar-refractivity contribution < 1.29 is 5.11 Å². The molecule has 0 saturated heterocycles. The van der Waals surface area contributed by atoms with Crippen LogP contribution in [-0.4, -0.2) is 5.11 Å². The van der Waals surface area contributed by atoms with Crippen LogP contribution in [0.25, 0.3) is 0 Å². The fraction of sp³-hybridized carbons (Fsp3) is 0.226. The predicted octanol–water partition coefficient (Wildman–Crippen LogP) is 6.79. The Kier molecular flexibility index (Phi) is 7.88. The quantitative estimate of drug-likeness (QED) is 0.273. The van der Waals surface area contributed by atoms with Crippen molar-refractivity contribution in [3.63, 3.8) is 0 Å². The minimum Gasteiger partial charge on any atom is -0.507 e. The van der Waals surface area contributed by atoms with Crippen LogP contribution in [0.5, 0.6) is 5.75 Å². The Hall–Kier alpha value is -2.46. The molecule has 2 atom stereocenters. The number of benzene rings is 4. The lowest BCUT2D eigenvalue weighted by Crippen LogP contribution is -2.33. The van der Waals surface area contributed by atoms with Gasteiger partial charge in [0.1, 0.15) is 5.75 Å². The molecule has 0 fully saturated rings. The molecule has 34 heavy (non-hydrogen) atoms. The van der Waals surface area contributed by atoms with Crippen LogP contribution in [0.3, 0.4) is 0 Å². The number of aryl methyl sites for hydroxylation is 2. The highest BCUT2D eigenvalue weighted by Gasteiger charge is 2.32. The topological polar surface area (TPSA) is 20.2 Å². The van der Waals surface area contributed by atoms with Gasteiger partial charge in [-0.15, -0.1) is 0 Å². The van der Waals surface area contributed by atoms with Crippen molar-refractivity contribution in [1.29, 1.82) is 0 Å². The number of phenolic OH excluding ortho intramolecular Hbond substituents is 1. The molecule has 0 spiro atoms. The third-order valence-corrected chi connectivity index (χ3v) is 11.2. The van der Waals surface area contributed by atoms with Crippen LogP contribution < -0.4 is 21.2 Å². The van der Waals surface area contributed by atoms with Crippen molar-refractivity contribution in [2.75, 3.05) is 0 Å². The molecule has 0 aliphatic rings. The highest BCUT2D eigenvalue weighted by molar-refractivity contribution is 7.81. The maximum Gasteiger partial charge on any atom is 0.122 e. The lowest BCUT2D eigenvalue weighted by atomic mass is 9.93. The van der Waals surface area contributed by atoms with Gasteiger partial charge in [0.15, 0.2) is 0 Å². The van der Waals surface area contributed by atoms with Crippen molar-refractivity contribution in [1.82, 2.24) is 0 Å². The Morgan fingerprint density at radius 3 is 1.88 bits per heavy atom. The van der Waals surface area contributed by atoms with Gasteiger partial charge in [-0.2, -0.15) is 0 Å². The first-order valence-electron chi connectivity index (χ1n) is 12.0. The number of aromatic hydroxyl groups is 1. The second-order valence-electron chi connectivity index (χ2n) is 9.15. The van der Waals surface area contributed by atoms with Crippen molar-refractivity contribution in [3.8, 4) is 5.75 Å². The van der Waals surface area contributed by atoms with E-state index in [1.807, 2.05) is 13.0 Å². The standard InChI is InChI=1S/C31H34OP2/c1-5-22-31(4,27-20-12-14-23(2)29(27)32)33-30-24(3)15-13-21-28(30)34(25-16-8-6-9-17-25)26-18-10-7-11-19-26/h6-21,32-33H,5,22H2,1-4H3. The highest BCUT2D eigenvalue weighted by atomic mass is 31.1. The minimum absolute atomic E-state index is 0.125. The van der Waals surface area contributed by atoms with E-state index in [2.05, 4.69) is 112 Å². The Morgan fingerprint density at radius 1 is 0.735 bits per heavy atom. The molecular weight excluding hydrogens is 450 g/mol. The summed E-state index contributed by atoms with van der Waals surface area (Å²) < 4.78 is 0. The smallest absolute Gasteiger partial charge is 0.122 e. The van der Waals surface area contributed by atoms with E-state index in [9.17, 15) is 5.11 Å². The number of rotatable bonds is 8. The molecule has 0 aliphatic carbocycles. The summed E-state index contributed by atoms with van der Waals surface area (Å²) in [5, 5.41) is 16.5. The van der Waals surface area contributed by atoms with E-state index in [0.29, 0.717) is 14.3 Å². The Morgan fingerprint density at radius 2 is 1.29 bits per heavy atom. The van der Waals surface area contributed by atoms with Gasteiger partial charge in [-0.3, -0.25) is 0 Å². The molecule has 1 nitrogen and oxygen atoms in total. The van der Waals surface area contributed by atoms with Crippen molar-refractivity contribution in [2.24, 2.45) is 0 Å². The lowest BCUT2D eigenvalue weighted by molar-refractivity contribution is 0.449. The molecule has 0 aliphatic heterocycles. The summed E-state index contributed by atoms with van der Waals surface area (Å²) in [6, 6.07) is 34.9. The van der Waals surface area contributed by atoms with E-state index in [-0.39, 0.29) is 5.16 Å². The molecule has 0 amide bonds. The first-order chi connectivity index (χ1) is 16.4. The van der Waals surface area contributed by atoms with Crippen LogP contribution in [0, 0.1) is 13.8 Å². The van der Waals surface area contributed by atoms with Gasteiger partial charge in [0, 0.05) is 10.7 Å². The largest absolute Gasteiger partial charge is 0.507 e. The van der Waals surface area contributed by atoms with E-state index in [1.165, 1.54) is 26.8 Å². The maximum absolute atomic E-state index is 11.1. The molecule has 0 bridgehead atoms. The normalized spacial score (nSPS) is 13.4. The Bertz CT molecular complexity index is 1200. The lowest BCUT2D eigenvalue weighted by Gasteiger charge is -2.34. The summed E-state index contributed by atoms with van der Waals surface area (Å²) in [5.74, 6) is 0.453. The van der Waals surface area contributed by atoms with Crippen LogP contribution in [0.2, 0.25) is 0 Å². The molecule has 0 heterocycles. The van der Waals surface area contributed by atoms with Gasteiger partial charge in [0.2, 0.25) is 0 Å². The Labute approximate surface area is 207 Å². The van der Waals surface area contributed by atoms with Gasteiger partial charge >= 0.3 is 0 Å². The second kappa shape index (κ2) is 10.9. The van der Waals surface area contributed by atoms with Crippen molar-refractivity contribution in [3.05, 3.63) is 114 Å². The number of hydrogen-bond acceptors (Lipinski definition) is 1. The van der Waals surface area contributed by atoms with E-state index in [1.54, 1.807) is 0 Å². The zero-order valence-corrected chi connectivity index (χ0v) is 22.4. The molecule has 1 N–H and O–H groups in total. The van der Waals surface area contributed by atoms with Gasteiger partial charge in [0.25, 0.3) is 0 Å². The summed E-state index contributed by atoms with van der Waals surface area (Å²) in [5.41, 5.74) is 3.36. The number of phenols is 1. The van der Waals surface area contributed by atoms with Gasteiger partial charge in [-0.25, -0.2) is 0 Å². The summed E-state index contributed by atoms with van der Waals surface area (Å²) in [4.78, 5) is 0. The fourth-order valence-electron chi connectivity index (χ4n) is 4.73. The van der Waals surface area contributed by atoms with Gasteiger partial charge in [0.05, 0.1) is 0 Å². The van der Waals surface area contributed by atoms with Crippen LogP contribution >= 0.6 is 16.5 Å². The fourth-order valence-corrected chi connectivity index (χ4v) is 9.42. The number of hydrogen-bond donors (Lipinski definition) is 1. The molecule has 0 aromatic heterocycles. The first kappa shape index (κ1) is 24.7. The predicted molar refractivity (Wildman–Crippen MR) is 153 cm³/mol. The van der Waals surface area contributed by atoms with E-state index < -0.39 is 7.92 Å². The van der Waals surface area contributed by atoms with E-state index >= 15 is 0 Å². The van der Waals surface area contributed by atoms with Gasteiger partial charge < -0.3 is 5.11 Å². The molecule has 4 aromatic rings. The monoisotopic (exact) mass is 484 g/mol. The molecule has 0 saturated carbocycles. The summed E-state index contributed by atoms with van der Waals surface area (Å²) in [7, 11) is -0.122. The third kappa shape index (κ3) is 5.12. The van der Waals surface area contributed by atoms with Crippen LogP contribution in [0.4, 0.5) is 0 Å². The zero-order valence-electron chi connectivity index (χ0n) is 20.5. The van der Waals surface area contributed by atoms with E-state index in [0.717, 1.165) is 24.0 Å². The summed E-state index contributed by atoms with van der Waals surface area (Å²) in [6.45, 7) is 8.83. The van der Waals surface area contributed by atoms with E-state index in [4.69, 9.17) is 0 Å². The summed E-state index contributed by atoms with van der Waals surface area (Å²) >= 11 is 0. The van der Waals surface area contributed by atoms with Gasteiger partial charge in [-0.05, 0) is 60.5 Å². The van der Waals surface area contributed by atoms with Gasteiger partial charge in [-0.1, -0.05) is 126 Å². The molecule has 0 radical (unpaired) electrons. The van der Waals surface area contributed by atoms with Crippen LogP contribution in [0.15, 0.2) is 97.1 Å². The van der Waals surface area contributed by atoms with Crippen molar-refractivity contribution in [2.45, 2.75) is 45.7 Å². The Balaban J connectivity index is 1.89. The number of para-hydroxylation sites is 1. The maximum atomic E-state index is 11.1. The molecule has 4 rings (SSSR count). The molecule has 2 unspecified atom stereocenters. The molecule has 174 valence electrons. The van der Waals surface area contributed by atoms with Crippen molar-refractivity contribution >= 4 is 37.7 Å². The third-order valence-electron chi connectivity index (χ3n) is 6.50. The molecule has 3 heteroatoms.